The van der Waals surface area contributed by atoms with Crippen LogP contribution in [0.25, 0.3) is 0 Å². The molecule has 0 unspecified atom stereocenters. The maximum atomic E-state index is 12.1. The largest absolute Gasteiger partial charge is 0.370 e. The Bertz CT molecular complexity index is 1020. The Morgan fingerprint density at radius 2 is 1.87 bits per heavy atom. The van der Waals surface area contributed by atoms with Crippen molar-refractivity contribution in [3.8, 4) is 6.07 Å². The second-order valence-electron chi connectivity index (χ2n) is 6.69. The van der Waals surface area contributed by atoms with Crippen molar-refractivity contribution in [1.82, 2.24) is 25.3 Å². The first-order chi connectivity index (χ1) is 15.1. The van der Waals surface area contributed by atoms with Crippen molar-refractivity contribution in [3.63, 3.8) is 0 Å². The summed E-state index contributed by atoms with van der Waals surface area (Å²) >= 11 is 0. The van der Waals surface area contributed by atoms with Crippen LogP contribution in [0.5, 0.6) is 0 Å². The van der Waals surface area contributed by atoms with Gasteiger partial charge in [0.05, 0.1) is 18.4 Å². The van der Waals surface area contributed by atoms with Gasteiger partial charge in [-0.1, -0.05) is 30.3 Å². The zero-order valence-electron chi connectivity index (χ0n) is 16.8. The molecule has 5 N–H and O–H groups in total. The van der Waals surface area contributed by atoms with Gasteiger partial charge in [-0.2, -0.15) is 5.26 Å². The zero-order chi connectivity index (χ0) is 21.9. The van der Waals surface area contributed by atoms with Gasteiger partial charge in [-0.05, 0) is 18.4 Å². The van der Waals surface area contributed by atoms with E-state index in [4.69, 9.17) is 11.0 Å². The minimum atomic E-state index is -0.567. The summed E-state index contributed by atoms with van der Waals surface area (Å²) in [6, 6.07) is 12.8. The maximum Gasteiger partial charge on any atom is 0.237 e. The lowest BCUT2D eigenvalue weighted by Gasteiger charge is -2.13. The smallest absolute Gasteiger partial charge is 0.237 e. The number of nitrogens with one attached hydrogen (secondary N) is 3. The van der Waals surface area contributed by atoms with Gasteiger partial charge in [0.25, 0.3) is 0 Å². The van der Waals surface area contributed by atoms with Crippen LogP contribution in [0, 0.1) is 11.3 Å². The molecule has 1 atom stereocenters. The first-order valence-electron chi connectivity index (χ1n) is 9.76. The van der Waals surface area contributed by atoms with Gasteiger partial charge < -0.3 is 21.7 Å². The zero-order valence-corrected chi connectivity index (χ0v) is 16.8. The number of nitrogens with two attached hydrogens (primary N) is 1. The van der Waals surface area contributed by atoms with Crippen LogP contribution in [0.2, 0.25) is 0 Å². The number of carbonyl (C=O) groups excluding carboxylic acids is 1. The Morgan fingerprint density at radius 1 is 1.06 bits per heavy atom. The maximum absolute atomic E-state index is 12.1. The molecule has 0 spiro atoms. The lowest BCUT2D eigenvalue weighted by atomic mass is 10.1. The fourth-order valence-electron chi connectivity index (χ4n) is 2.69. The van der Waals surface area contributed by atoms with Gasteiger partial charge in [0.1, 0.15) is 29.9 Å². The molecule has 2 heterocycles. The van der Waals surface area contributed by atoms with Crippen molar-refractivity contribution >= 4 is 23.4 Å². The van der Waals surface area contributed by atoms with Crippen molar-refractivity contribution in [2.45, 2.75) is 25.4 Å². The summed E-state index contributed by atoms with van der Waals surface area (Å²) in [4.78, 5) is 28.5. The minimum Gasteiger partial charge on any atom is -0.370 e. The molecule has 3 rings (SSSR count). The molecule has 0 aliphatic heterocycles. The third kappa shape index (κ3) is 7.02. The standard InChI is InChI=1S/C21H23N9O/c22-10-16-12-26-20(13-25-16)30-19-9-18(28-14-29-19)24-8-4-7-17(23)21(31)27-11-15-5-2-1-3-6-15/h1-3,5-6,9,12-14,17H,4,7-8,11,23H2,(H,27,31)(H2,24,26,28,29,30)/t17-/m0/s1. The number of rotatable bonds is 10. The molecule has 0 fully saturated rings. The number of hydrogen-bond donors (Lipinski definition) is 4. The van der Waals surface area contributed by atoms with Gasteiger partial charge >= 0.3 is 0 Å². The van der Waals surface area contributed by atoms with Gasteiger partial charge in [0, 0.05) is 19.2 Å². The van der Waals surface area contributed by atoms with E-state index in [2.05, 4.69) is 35.9 Å². The lowest BCUT2D eigenvalue weighted by molar-refractivity contribution is -0.122. The molecule has 0 saturated heterocycles. The fourth-order valence-corrected chi connectivity index (χ4v) is 2.69. The van der Waals surface area contributed by atoms with Crippen LogP contribution >= 0.6 is 0 Å². The average molecular weight is 417 g/mol. The van der Waals surface area contributed by atoms with Crippen molar-refractivity contribution in [3.05, 3.63) is 66.4 Å². The highest BCUT2D eigenvalue weighted by Gasteiger charge is 2.12. The summed E-state index contributed by atoms with van der Waals surface area (Å²) in [7, 11) is 0. The summed E-state index contributed by atoms with van der Waals surface area (Å²) in [6.07, 6.45) is 5.50. The summed E-state index contributed by atoms with van der Waals surface area (Å²) in [5.74, 6) is 1.46. The molecule has 10 heteroatoms. The predicted octanol–water partition coefficient (Wildman–Crippen LogP) is 1.72. The van der Waals surface area contributed by atoms with Crippen LogP contribution in [-0.2, 0) is 11.3 Å². The van der Waals surface area contributed by atoms with Crippen molar-refractivity contribution in [1.29, 1.82) is 5.26 Å². The van der Waals surface area contributed by atoms with Gasteiger partial charge in [0.15, 0.2) is 5.69 Å². The molecular weight excluding hydrogens is 394 g/mol. The van der Waals surface area contributed by atoms with Crippen LogP contribution in [0.3, 0.4) is 0 Å². The summed E-state index contributed by atoms with van der Waals surface area (Å²) in [5.41, 5.74) is 7.25. The normalized spacial score (nSPS) is 11.2. The number of amides is 1. The Balaban J connectivity index is 1.39. The first kappa shape index (κ1) is 21.6. The Hall–Kier alpha value is -4.10. The molecule has 0 aliphatic rings. The molecule has 1 amide bonds. The molecule has 0 bridgehead atoms. The van der Waals surface area contributed by atoms with E-state index in [-0.39, 0.29) is 11.6 Å². The Labute approximate surface area is 180 Å². The number of hydrogen-bond acceptors (Lipinski definition) is 9. The molecule has 0 saturated carbocycles. The highest BCUT2D eigenvalue weighted by Crippen LogP contribution is 2.13. The number of aromatic nitrogens is 4. The molecule has 31 heavy (non-hydrogen) atoms. The lowest BCUT2D eigenvalue weighted by Crippen LogP contribution is -2.40. The van der Waals surface area contributed by atoms with Gasteiger partial charge in [0.2, 0.25) is 5.91 Å². The highest BCUT2D eigenvalue weighted by atomic mass is 16.2. The number of carbonyl (C=O) groups is 1. The van der Waals surface area contributed by atoms with Gasteiger partial charge in [-0.25, -0.2) is 19.9 Å². The second-order valence-corrected chi connectivity index (χ2v) is 6.69. The van der Waals surface area contributed by atoms with Crippen LogP contribution in [0.4, 0.5) is 17.5 Å². The minimum absolute atomic E-state index is 0.166. The fraction of sp³-hybridized carbons (Fsp3) is 0.238. The van der Waals surface area contributed by atoms with E-state index in [1.807, 2.05) is 36.4 Å². The van der Waals surface area contributed by atoms with Crippen molar-refractivity contribution in [2.24, 2.45) is 5.73 Å². The molecule has 158 valence electrons. The van der Waals surface area contributed by atoms with Crippen LogP contribution in [-0.4, -0.2) is 38.4 Å². The molecule has 0 radical (unpaired) electrons. The van der Waals surface area contributed by atoms with Crippen molar-refractivity contribution in [2.75, 3.05) is 17.2 Å². The van der Waals surface area contributed by atoms with E-state index >= 15 is 0 Å². The number of anilines is 3. The molecular formula is C21H23N9O. The third-order valence-electron chi connectivity index (χ3n) is 4.33. The van der Waals surface area contributed by atoms with E-state index in [0.29, 0.717) is 43.4 Å². The number of benzene rings is 1. The first-order valence-corrected chi connectivity index (χ1v) is 9.76. The molecule has 10 nitrogen and oxygen atoms in total. The topological polar surface area (TPSA) is 155 Å². The van der Waals surface area contributed by atoms with E-state index in [9.17, 15) is 4.79 Å². The Kier molecular flexibility index (Phi) is 7.79. The predicted molar refractivity (Wildman–Crippen MR) is 116 cm³/mol. The van der Waals surface area contributed by atoms with Crippen LogP contribution in [0.15, 0.2) is 55.1 Å². The van der Waals surface area contributed by atoms with E-state index in [1.54, 1.807) is 6.07 Å². The summed E-state index contributed by atoms with van der Waals surface area (Å²) < 4.78 is 0. The number of nitrogens with zero attached hydrogens (tertiary/aromatic N) is 5. The van der Waals surface area contributed by atoms with Crippen LogP contribution in [0.1, 0.15) is 24.1 Å². The molecule has 1 aromatic carbocycles. The van der Waals surface area contributed by atoms with E-state index in [1.165, 1.54) is 18.7 Å². The highest BCUT2D eigenvalue weighted by molar-refractivity contribution is 5.81. The molecule has 3 aromatic rings. The molecule has 0 aliphatic carbocycles. The average Bonchev–Trinajstić information content (AvgIpc) is 2.81. The SMILES string of the molecule is N#Cc1cnc(Nc2cc(NCCC[C@H](N)C(=O)NCc3ccccc3)ncn2)cn1. The van der Waals surface area contributed by atoms with Crippen molar-refractivity contribution < 1.29 is 4.79 Å². The van der Waals surface area contributed by atoms with E-state index in [0.717, 1.165) is 5.56 Å². The monoisotopic (exact) mass is 417 g/mol. The quantitative estimate of drug-likeness (QED) is 0.361. The third-order valence-corrected chi connectivity index (χ3v) is 4.33. The van der Waals surface area contributed by atoms with E-state index < -0.39 is 6.04 Å². The van der Waals surface area contributed by atoms with Gasteiger partial charge in [-0.3, -0.25) is 4.79 Å². The molecule has 2 aromatic heterocycles. The summed E-state index contributed by atoms with van der Waals surface area (Å²) in [6.45, 7) is 1.07. The number of nitriles is 1. The van der Waals surface area contributed by atoms with Crippen LogP contribution < -0.4 is 21.7 Å². The van der Waals surface area contributed by atoms with Gasteiger partial charge in [-0.15, -0.1) is 0 Å². The second kappa shape index (κ2) is 11.2. The summed E-state index contributed by atoms with van der Waals surface area (Å²) in [5, 5.41) is 17.8. The Morgan fingerprint density at radius 3 is 2.61 bits per heavy atom.